The van der Waals surface area contributed by atoms with Crippen LogP contribution in [0.15, 0.2) is 24.3 Å². The van der Waals surface area contributed by atoms with Crippen molar-refractivity contribution in [1.82, 2.24) is 14.7 Å². The fourth-order valence-electron chi connectivity index (χ4n) is 5.07. The van der Waals surface area contributed by atoms with Crippen LogP contribution in [-0.2, 0) is 9.59 Å². The molecule has 3 saturated heterocycles. The minimum absolute atomic E-state index is 0.0111. The van der Waals surface area contributed by atoms with Crippen LogP contribution in [0, 0.1) is 17.1 Å². The van der Waals surface area contributed by atoms with Gasteiger partial charge in [-0.3, -0.25) is 14.5 Å². The molecule has 0 aromatic heterocycles. The van der Waals surface area contributed by atoms with E-state index in [1.165, 1.54) is 6.07 Å². The molecule has 5 atom stereocenters. The van der Waals surface area contributed by atoms with E-state index in [4.69, 9.17) is 5.73 Å². The molecule has 154 valence electrons. The lowest BCUT2D eigenvalue weighted by atomic mass is 10.0. The molecule has 2 bridgehead atoms. The highest BCUT2D eigenvalue weighted by molar-refractivity contribution is 5.87. The second-order valence-corrected chi connectivity index (χ2v) is 8.23. The van der Waals surface area contributed by atoms with Gasteiger partial charge in [0.2, 0.25) is 11.8 Å². The molecule has 4 rings (SSSR count). The van der Waals surface area contributed by atoms with Gasteiger partial charge in [0.25, 0.3) is 0 Å². The summed E-state index contributed by atoms with van der Waals surface area (Å²) in [7, 11) is 0. The van der Waals surface area contributed by atoms with Gasteiger partial charge in [0.1, 0.15) is 11.9 Å². The molecule has 7 nitrogen and oxygen atoms in total. The van der Waals surface area contributed by atoms with Crippen molar-refractivity contribution in [2.45, 2.75) is 56.4 Å². The van der Waals surface area contributed by atoms with E-state index in [2.05, 4.69) is 6.07 Å². The minimum atomic E-state index is -0.756. The molecule has 3 aliphatic heterocycles. The summed E-state index contributed by atoms with van der Waals surface area (Å²) in [5, 5.41) is 9.19. The Hall–Kier alpha value is -2.50. The zero-order valence-electron chi connectivity index (χ0n) is 16.5. The van der Waals surface area contributed by atoms with Crippen LogP contribution < -0.4 is 5.73 Å². The third-order valence-corrected chi connectivity index (χ3v) is 6.52. The predicted octanol–water partition coefficient (Wildman–Crippen LogP) is 1.01. The molecule has 3 aliphatic rings. The van der Waals surface area contributed by atoms with Gasteiger partial charge in [0.15, 0.2) is 0 Å². The number of likely N-dealkylation sites (tertiary alicyclic amines) is 3. The van der Waals surface area contributed by atoms with E-state index in [0.29, 0.717) is 38.0 Å². The highest BCUT2D eigenvalue weighted by Gasteiger charge is 2.51. The van der Waals surface area contributed by atoms with Crippen LogP contribution in [0.5, 0.6) is 0 Å². The number of carbonyl (C=O) groups excluding carboxylic acids is 2. The summed E-state index contributed by atoms with van der Waals surface area (Å²) >= 11 is 0. The number of amides is 2. The molecule has 2 amide bonds. The maximum absolute atomic E-state index is 14.2. The van der Waals surface area contributed by atoms with Crippen LogP contribution in [0.25, 0.3) is 0 Å². The number of nitrogens with zero attached hydrogens (tertiary/aromatic N) is 4. The quantitative estimate of drug-likeness (QED) is 0.798. The number of benzene rings is 1. The number of halogens is 1. The van der Waals surface area contributed by atoms with Crippen LogP contribution in [0.2, 0.25) is 0 Å². The highest BCUT2D eigenvalue weighted by Crippen LogP contribution is 2.38. The zero-order valence-corrected chi connectivity index (χ0v) is 16.5. The number of rotatable bonds is 5. The SMILES string of the molecule is C[C@@H](c1ccccc1F)N1C(=O)[C@H]2C[C@H]1CN2C[C@H](N)C(=O)N1CCC[C@H]1C#N. The molecular formula is C21H26FN5O2. The minimum Gasteiger partial charge on any atom is -0.330 e. The van der Waals surface area contributed by atoms with E-state index >= 15 is 0 Å². The van der Waals surface area contributed by atoms with Crippen molar-refractivity contribution in [3.63, 3.8) is 0 Å². The van der Waals surface area contributed by atoms with Crippen molar-refractivity contribution in [1.29, 1.82) is 5.26 Å². The Morgan fingerprint density at radius 1 is 1.41 bits per heavy atom. The summed E-state index contributed by atoms with van der Waals surface area (Å²) in [4.78, 5) is 31.0. The molecule has 0 saturated carbocycles. The van der Waals surface area contributed by atoms with Crippen molar-refractivity contribution < 1.29 is 14.0 Å². The standard InChI is InChI=1S/C21H26FN5O2/c1-13(16-6-2-3-7-17(16)22)27-15-9-19(21(27)29)25(11-15)12-18(24)20(28)26-8-4-5-14(26)10-23/h2-3,6-7,13-15,18-19H,4-5,8-9,11-12,24H2,1H3/t13-,14-,15-,18-,19+/m0/s1. The smallest absolute Gasteiger partial charge is 0.241 e. The molecule has 0 radical (unpaired) electrons. The lowest BCUT2D eigenvalue weighted by Crippen LogP contribution is -2.56. The van der Waals surface area contributed by atoms with Gasteiger partial charge in [-0.1, -0.05) is 18.2 Å². The summed E-state index contributed by atoms with van der Waals surface area (Å²) in [5.41, 5.74) is 6.68. The van der Waals surface area contributed by atoms with Crippen LogP contribution >= 0.6 is 0 Å². The molecule has 0 aliphatic carbocycles. The lowest BCUT2D eigenvalue weighted by Gasteiger charge is -2.38. The van der Waals surface area contributed by atoms with Crippen molar-refractivity contribution >= 4 is 11.8 Å². The number of carbonyl (C=O) groups is 2. The van der Waals surface area contributed by atoms with Crippen LogP contribution in [0.3, 0.4) is 0 Å². The molecule has 1 aromatic carbocycles. The lowest BCUT2D eigenvalue weighted by molar-refractivity contribution is -0.141. The van der Waals surface area contributed by atoms with E-state index in [9.17, 15) is 19.2 Å². The number of nitriles is 1. The van der Waals surface area contributed by atoms with Gasteiger partial charge < -0.3 is 15.5 Å². The van der Waals surface area contributed by atoms with Gasteiger partial charge in [-0.25, -0.2) is 4.39 Å². The maximum atomic E-state index is 14.2. The Morgan fingerprint density at radius 3 is 2.86 bits per heavy atom. The first-order valence-electron chi connectivity index (χ1n) is 10.2. The van der Waals surface area contributed by atoms with Crippen LogP contribution in [-0.4, -0.2) is 70.3 Å². The van der Waals surface area contributed by atoms with Crippen LogP contribution in [0.1, 0.15) is 37.8 Å². The Morgan fingerprint density at radius 2 is 2.17 bits per heavy atom. The third kappa shape index (κ3) is 3.38. The fraction of sp³-hybridized carbons (Fsp3) is 0.571. The van der Waals surface area contributed by atoms with E-state index in [-0.39, 0.29) is 35.8 Å². The average Bonchev–Trinajstić information content (AvgIpc) is 3.41. The molecule has 3 fully saturated rings. The average molecular weight is 399 g/mol. The number of piperazine rings is 1. The van der Waals surface area contributed by atoms with Crippen LogP contribution in [0.4, 0.5) is 4.39 Å². The largest absolute Gasteiger partial charge is 0.330 e. The fourth-order valence-corrected chi connectivity index (χ4v) is 5.07. The van der Waals surface area contributed by atoms with Gasteiger partial charge in [0, 0.05) is 31.2 Å². The summed E-state index contributed by atoms with van der Waals surface area (Å²) < 4.78 is 14.2. The number of hydrogen-bond acceptors (Lipinski definition) is 5. The molecule has 0 unspecified atom stereocenters. The Balaban J connectivity index is 1.40. The normalized spacial score (nSPS) is 28.6. The first-order valence-corrected chi connectivity index (χ1v) is 10.2. The third-order valence-electron chi connectivity index (χ3n) is 6.52. The molecule has 29 heavy (non-hydrogen) atoms. The molecule has 8 heteroatoms. The first-order chi connectivity index (χ1) is 13.9. The van der Waals surface area contributed by atoms with Crippen molar-refractivity contribution in [3.05, 3.63) is 35.6 Å². The van der Waals surface area contributed by atoms with E-state index < -0.39 is 12.1 Å². The number of nitrogens with two attached hydrogens (primary N) is 1. The van der Waals surface area contributed by atoms with E-state index in [1.54, 1.807) is 28.0 Å². The molecule has 3 heterocycles. The van der Waals surface area contributed by atoms with Crippen molar-refractivity contribution in [2.24, 2.45) is 5.73 Å². The molecular weight excluding hydrogens is 373 g/mol. The Labute approximate surface area is 169 Å². The van der Waals surface area contributed by atoms with E-state index in [1.807, 2.05) is 11.8 Å². The highest BCUT2D eigenvalue weighted by atomic mass is 19.1. The maximum Gasteiger partial charge on any atom is 0.241 e. The summed E-state index contributed by atoms with van der Waals surface area (Å²) in [5.74, 6) is -0.564. The summed E-state index contributed by atoms with van der Waals surface area (Å²) in [6, 6.07) is 6.88. The van der Waals surface area contributed by atoms with Gasteiger partial charge in [-0.2, -0.15) is 5.26 Å². The van der Waals surface area contributed by atoms with Gasteiger partial charge >= 0.3 is 0 Å². The molecule has 2 N–H and O–H groups in total. The van der Waals surface area contributed by atoms with Crippen molar-refractivity contribution in [3.8, 4) is 6.07 Å². The Kier molecular flexibility index (Phi) is 5.28. The molecule has 1 aromatic rings. The zero-order chi connectivity index (χ0) is 20.7. The molecule has 0 spiro atoms. The van der Waals surface area contributed by atoms with Crippen molar-refractivity contribution in [2.75, 3.05) is 19.6 Å². The monoisotopic (exact) mass is 399 g/mol. The second kappa shape index (κ2) is 7.73. The van der Waals surface area contributed by atoms with E-state index in [0.717, 1.165) is 6.42 Å². The summed E-state index contributed by atoms with van der Waals surface area (Å²) in [6.45, 7) is 3.33. The second-order valence-electron chi connectivity index (χ2n) is 8.23. The summed E-state index contributed by atoms with van der Waals surface area (Å²) in [6.07, 6.45) is 2.17. The van der Waals surface area contributed by atoms with Gasteiger partial charge in [-0.05, 0) is 32.3 Å². The topological polar surface area (TPSA) is 93.7 Å². The van der Waals surface area contributed by atoms with Gasteiger partial charge in [-0.15, -0.1) is 0 Å². The Bertz CT molecular complexity index is 856. The predicted molar refractivity (Wildman–Crippen MR) is 104 cm³/mol. The number of hydrogen-bond donors (Lipinski definition) is 1. The first kappa shape index (κ1) is 19.8. The van der Waals surface area contributed by atoms with Gasteiger partial charge in [0.05, 0.1) is 24.2 Å². The number of fused-ring (bicyclic) bond motifs is 2.